The van der Waals surface area contributed by atoms with Crippen molar-refractivity contribution in [1.29, 1.82) is 0 Å². The van der Waals surface area contributed by atoms with Crippen LogP contribution in [0.1, 0.15) is 63.7 Å². The van der Waals surface area contributed by atoms with Crippen molar-refractivity contribution in [3.8, 4) is 0 Å². The van der Waals surface area contributed by atoms with Gasteiger partial charge in [-0.3, -0.25) is 19.3 Å². The first kappa shape index (κ1) is 14.8. The first-order chi connectivity index (χ1) is 10.5. The molecule has 1 N–H and O–H groups in total. The number of nitrogens with zero attached hydrogens (tertiary/aromatic N) is 1. The second-order valence-corrected chi connectivity index (χ2v) is 6.23. The van der Waals surface area contributed by atoms with Gasteiger partial charge in [0.15, 0.2) is 0 Å². The third kappa shape index (κ3) is 2.30. The molecule has 0 bridgehead atoms. The van der Waals surface area contributed by atoms with Crippen molar-refractivity contribution in [1.82, 2.24) is 10.2 Å². The normalized spacial score (nSPS) is 24.4. The molecule has 3 rings (SSSR count). The van der Waals surface area contributed by atoms with E-state index in [0.717, 1.165) is 25.7 Å². The van der Waals surface area contributed by atoms with E-state index in [1.165, 1.54) is 18.0 Å². The van der Waals surface area contributed by atoms with E-state index in [1.54, 1.807) is 12.1 Å². The molecule has 1 aromatic rings. The molecule has 1 aromatic carbocycles. The Balaban J connectivity index is 1.90. The van der Waals surface area contributed by atoms with Crippen LogP contribution < -0.4 is 5.32 Å². The lowest BCUT2D eigenvalue weighted by atomic mass is 9.86. The van der Waals surface area contributed by atoms with Crippen LogP contribution in [0.4, 0.5) is 0 Å². The SMILES string of the molecule is CNC(=O)c1ccc2c(c1)C(=O)N(C1CCC(C)CC1)C2=O. The Kier molecular flexibility index (Phi) is 3.72. The number of rotatable bonds is 2. The minimum Gasteiger partial charge on any atom is -0.355 e. The van der Waals surface area contributed by atoms with E-state index in [-0.39, 0.29) is 23.8 Å². The van der Waals surface area contributed by atoms with Gasteiger partial charge in [-0.05, 0) is 49.8 Å². The van der Waals surface area contributed by atoms with E-state index in [1.807, 2.05) is 0 Å². The summed E-state index contributed by atoms with van der Waals surface area (Å²) in [5.41, 5.74) is 1.17. The maximum atomic E-state index is 12.6. The lowest BCUT2D eigenvalue weighted by molar-refractivity contribution is 0.0533. The minimum absolute atomic E-state index is 0.00736. The predicted octanol–water partition coefficient (Wildman–Crippen LogP) is 2.22. The van der Waals surface area contributed by atoms with Crippen LogP contribution in [0.15, 0.2) is 18.2 Å². The van der Waals surface area contributed by atoms with Crippen molar-refractivity contribution in [2.75, 3.05) is 7.05 Å². The quantitative estimate of drug-likeness (QED) is 0.852. The van der Waals surface area contributed by atoms with E-state index in [9.17, 15) is 14.4 Å². The highest BCUT2D eigenvalue weighted by molar-refractivity contribution is 6.22. The first-order valence-electron chi connectivity index (χ1n) is 7.77. The molecule has 1 heterocycles. The fraction of sp³-hybridized carbons (Fsp3) is 0.471. The van der Waals surface area contributed by atoms with E-state index < -0.39 is 0 Å². The average molecular weight is 300 g/mol. The van der Waals surface area contributed by atoms with Gasteiger partial charge in [0, 0.05) is 18.7 Å². The van der Waals surface area contributed by atoms with Crippen LogP contribution in [0.2, 0.25) is 0 Å². The fourth-order valence-electron chi connectivity index (χ4n) is 3.38. The molecule has 1 fully saturated rings. The average Bonchev–Trinajstić information content (AvgIpc) is 2.79. The standard InChI is InChI=1S/C17H20N2O3/c1-10-3-6-12(7-4-10)19-16(21)13-8-5-11(15(20)18-2)9-14(13)17(19)22/h5,8-10,12H,3-4,6-7H2,1-2H3,(H,18,20). The number of benzene rings is 1. The van der Waals surface area contributed by atoms with Gasteiger partial charge < -0.3 is 5.32 Å². The van der Waals surface area contributed by atoms with Gasteiger partial charge in [-0.15, -0.1) is 0 Å². The summed E-state index contributed by atoms with van der Waals surface area (Å²) in [7, 11) is 1.54. The van der Waals surface area contributed by atoms with Crippen molar-refractivity contribution in [2.45, 2.75) is 38.6 Å². The minimum atomic E-state index is -0.259. The predicted molar refractivity (Wildman–Crippen MR) is 81.8 cm³/mol. The Morgan fingerprint density at radius 2 is 1.73 bits per heavy atom. The molecule has 2 aliphatic rings. The van der Waals surface area contributed by atoms with Crippen LogP contribution in [0, 0.1) is 5.92 Å². The molecule has 0 atom stereocenters. The Bertz CT molecular complexity index is 645. The van der Waals surface area contributed by atoms with Crippen molar-refractivity contribution < 1.29 is 14.4 Å². The Morgan fingerprint density at radius 1 is 1.09 bits per heavy atom. The maximum absolute atomic E-state index is 12.6. The second kappa shape index (κ2) is 5.55. The van der Waals surface area contributed by atoms with Gasteiger partial charge in [-0.25, -0.2) is 0 Å². The molecule has 1 saturated carbocycles. The van der Waals surface area contributed by atoms with E-state index in [0.29, 0.717) is 22.6 Å². The summed E-state index contributed by atoms with van der Waals surface area (Å²) in [5, 5.41) is 2.53. The Labute approximate surface area is 129 Å². The number of hydrogen-bond donors (Lipinski definition) is 1. The first-order valence-corrected chi connectivity index (χ1v) is 7.77. The number of nitrogens with one attached hydrogen (secondary N) is 1. The molecule has 5 nitrogen and oxygen atoms in total. The van der Waals surface area contributed by atoms with Crippen molar-refractivity contribution in [3.63, 3.8) is 0 Å². The fourth-order valence-corrected chi connectivity index (χ4v) is 3.38. The van der Waals surface area contributed by atoms with Crippen molar-refractivity contribution in [3.05, 3.63) is 34.9 Å². The van der Waals surface area contributed by atoms with Crippen LogP contribution in [0.3, 0.4) is 0 Å². The molecule has 116 valence electrons. The summed E-state index contributed by atoms with van der Waals surface area (Å²) in [4.78, 5) is 38.3. The van der Waals surface area contributed by atoms with Gasteiger partial charge in [0.2, 0.25) is 0 Å². The number of carbonyl (C=O) groups excluding carboxylic acids is 3. The molecule has 0 spiro atoms. The van der Waals surface area contributed by atoms with Gasteiger partial charge in [0.1, 0.15) is 0 Å². The third-order valence-electron chi connectivity index (χ3n) is 4.76. The molecule has 0 aromatic heterocycles. The van der Waals surface area contributed by atoms with E-state index in [4.69, 9.17) is 0 Å². The largest absolute Gasteiger partial charge is 0.355 e. The highest BCUT2D eigenvalue weighted by Gasteiger charge is 2.41. The topological polar surface area (TPSA) is 66.5 Å². The van der Waals surface area contributed by atoms with Crippen LogP contribution in [0.25, 0.3) is 0 Å². The molecular weight excluding hydrogens is 280 g/mol. The lowest BCUT2D eigenvalue weighted by Crippen LogP contribution is -2.41. The third-order valence-corrected chi connectivity index (χ3v) is 4.76. The number of amides is 3. The maximum Gasteiger partial charge on any atom is 0.261 e. The molecule has 1 aliphatic carbocycles. The summed E-state index contributed by atoms with van der Waals surface area (Å²) in [6.45, 7) is 2.20. The highest BCUT2D eigenvalue weighted by atomic mass is 16.2. The van der Waals surface area contributed by atoms with Crippen LogP contribution in [-0.2, 0) is 0 Å². The molecule has 22 heavy (non-hydrogen) atoms. The molecule has 0 radical (unpaired) electrons. The van der Waals surface area contributed by atoms with Crippen molar-refractivity contribution >= 4 is 17.7 Å². The lowest BCUT2D eigenvalue weighted by Gasteiger charge is -2.32. The zero-order chi connectivity index (χ0) is 15.9. The smallest absolute Gasteiger partial charge is 0.261 e. The molecule has 0 saturated heterocycles. The Morgan fingerprint density at radius 3 is 2.36 bits per heavy atom. The highest BCUT2D eigenvalue weighted by Crippen LogP contribution is 2.33. The van der Waals surface area contributed by atoms with Crippen LogP contribution >= 0.6 is 0 Å². The zero-order valence-corrected chi connectivity index (χ0v) is 12.9. The number of hydrogen-bond acceptors (Lipinski definition) is 3. The molecule has 0 unspecified atom stereocenters. The van der Waals surface area contributed by atoms with Gasteiger partial charge >= 0.3 is 0 Å². The van der Waals surface area contributed by atoms with Crippen molar-refractivity contribution in [2.24, 2.45) is 5.92 Å². The van der Waals surface area contributed by atoms with Gasteiger partial charge in [-0.1, -0.05) is 6.92 Å². The summed E-state index contributed by atoms with van der Waals surface area (Å²) in [6.07, 6.45) is 3.83. The summed E-state index contributed by atoms with van der Waals surface area (Å²) in [6, 6.07) is 4.70. The van der Waals surface area contributed by atoms with Gasteiger partial charge in [0.25, 0.3) is 17.7 Å². The number of fused-ring (bicyclic) bond motifs is 1. The molecule has 1 aliphatic heterocycles. The van der Waals surface area contributed by atoms with Crippen LogP contribution in [-0.4, -0.2) is 35.7 Å². The summed E-state index contributed by atoms with van der Waals surface area (Å²) >= 11 is 0. The van der Waals surface area contributed by atoms with E-state index in [2.05, 4.69) is 12.2 Å². The molecular formula is C17H20N2O3. The van der Waals surface area contributed by atoms with Crippen LogP contribution in [0.5, 0.6) is 0 Å². The number of imide groups is 1. The molecule has 5 heteroatoms. The summed E-state index contributed by atoms with van der Waals surface area (Å²) < 4.78 is 0. The zero-order valence-electron chi connectivity index (χ0n) is 12.9. The molecule has 3 amide bonds. The van der Waals surface area contributed by atoms with E-state index >= 15 is 0 Å². The monoisotopic (exact) mass is 300 g/mol. The van der Waals surface area contributed by atoms with Gasteiger partial charge in [0.05, 0.1) is 11.1 Å². The van der Waals surface area contributed by atoms with Gasteiger partial charge in [-0.2, -0.15) is 0 Å². The Hall–Kier alpha value is -2.17. The number of carbonyl (C=O) groups is 3. The second-order valence-electron chi connectivity index (χ2n) is 6.23. The summed E-state index contributed by atoms with van der Waals surface area (Å²) in [5.74, 6) is -0.0763.